The molecule has 4 atom stereocenters. The monoisotopic (exact) mass is 415 g/mol. The smallest absolute Gasteiger partial charge is 0.258 e. The van der Waals surface area contributed by atoms with Crippen LogP contribution in [0.25, 0.3) is 6.08 Å². The average Bonchev–Trinajstić information content (AvgIpc) is 2.95. The van der Waals surface area contributed by atoms with Gasteiger partial charge < -0.3 is 19.7 Å². The van der Waals surface area contributed by atoms with Crippen molar-refractivity contribution < 1.29 is 14.6 Å². The molecule has 3 aliphatic rings. The number of carbonyl (C=O) groups excluding carboxylic acids is 1. The number of hydrogen-bond acceptors (Lipinski definition) is 5. The van der Waals surface area contributed by atoms with E-state index in [1.807, 2.05) is 42.7 Å². The molecular formula is C23H33N3O4. The second-order valence-electron chi connectivity index (χ2n) is 8.66. The topological polar surface area (TPSA) is 83.8 Å². The second kappa shape index (κ2) is 9.04. The van der Waals surface area contributed by atoms with Crippen molar-refractivity contribution in [1.29, 1.82) is 0 Å². The summed E-state index contributed by atoms with van der Waals surface area (Å²) < 4.78 is 7.37. The zero-order chi connectivity index (χ0) is 21.3. The van der Waals surface area contributed by atoms with Gasteiger partial charge in [0.25, 0.3) is 5.56 Å². The molecule has 2 saturated heterocycles. The predicted molar refractivity (Wildman–Crippen MR) is 115 cm³/mol. The first-order valence-electron chi connectivity index (χ1n) is 11.2. The van der Waals surface area contributed by atoms with Gasteiger partial charge in [-0.2, -0.15) is 0 Å². The molecule has 0 spiro atoms. The van der Waals surface area contributed by atoms with Crippen LogP contribution in [0.2, 0.25) is 0 Å². The van der Waals surface area contributed by atoms with Gasteiger partial charge in [-0.05, 0) is 44.7 Å². The lowest BCUT2D eigenvalue weighted by atomic mass is 9.86. The Morgan fingerprint density at radius 1 is 1.33 bits per heavy atom. The number of pyridine rings is 1. The summed E-state index contributed by atoms with van der Waals surface area (Å²) >= 11 is 0. The van der Waals surface area contributed by atoms with E-state index in [0.29, 0.717) is 24.6 Å². The number of rotatable bonds is 6. The number of aromatic nitrogens is 1. The fourth-order valence-corrected chi connectivity index (χ4v) is 5.62. The van der Waals surface area contributed by atoms with Crippen LogP contribution >= 0.6 is 0 Å². The summed E-state index contributed by atoms with van der Waals surface area (Å²) in [5.41, 5.74) is 1.54. The van der Waals surface area contributed by atoms with Crippen LogP contribution in [0.15, 0.2) is 23.0 Å². The lowest BCUT2D eigenvalue weighted by Crippen LogP contribution is -2.48. The van der Waals surface area contributed by atoms with Gasteiger partial charge in [0.2, 0.25) is 5.91 Å². The third-order valence-corrected chi connectivity index (χ3v) is 7.01. The highest BCUT2D eigenvalue weighted by Gasteiger charge is 2.55. The molecule has 0 unspecified atom stereocenters. The molecule has 3 aliphatic heterocycles. The molecule has 2 N–H and O–H groups in total. The first kappa shape index (κ1) is 21.3. The van der Waals surface area contributed by atoms with Crippen LogP contribution in [-0.2, 0) is 16.1 Å². The van der Waals surface area contributed by atoms with Gasteiger partial charge >= 0.3 is 0 Å². The van der Waals surface area contributed by atoms with Gasteiger partial charge in [-0.3, -0.25) is 14.5 Å². The van der Waals surface area contributed by atoms with E-state index in [1.54, 1.807) is 0 Å². The van der Waals surface area contributed by atoms with Crippen LogP contribution in [-0.4, -0.2) is 59.4 Å². The Bertz CT molecular complexity index is 858. The number of hydrogen-bond donors (Lipinski definition) is 2. The maximum absolute atomic E-state index is 13.1. The Morgan fingerprint density at radius 3 is 2.77 bits per heavy atom. The molecule has 0 saturated carbocycles. The Balaban J connectivity index is 1.77. The van der Waals surface area contributed by atoms with Gasteiger partial charge in [0.05, 0.1) is 12.0 Å². The Morgan fingerprint density at radius 2 is 2.10 bits per heavy atom. The molecule has 0 aliphatic carbocycles. The molecular weight excluding hydrogens is 382 g/mol. The van der Waals surface area contributed by atoms with E-state index in [1.165, 1.54) is 0 Å². The van der Waals surface area contributed by atoms with Crippen LogP contribution in [0, 0.1) is 17.8 Å². The molecule has 1 amide bonds. The molecule has 2 fully saturated rings. The number of aliphatic hydroxyl groups is 1. The number of ether oxygens (including phenoxy) is 1. The number of carbonyl (C=O) groups is 1. The number of nitrogens with zero attached hydrogens (tertiary/aromatic N) is 2. The zero-order valence-corrected chi connectivity index (χ0v) is 17.9. The minimum atomic E-state index is -0.361. The van der Waals surface area contributed by atoms with Crippen molar-refractivity contribution in [2.24, 2.45) is 17.8 Å². The highest BCUT2D eigenvalue weighted by atomic mass is 16.5. The SMILES string of the molecule is C/C=C/c1ccc2n(c1=O)C[C@H]1[C@H](CO)[C@@H](C(=O)NCC)[C@@H]2N1CC1CCOCC1. The molecule has 4 heterocycles. The second-order valence-corrected chi connectivity index (χ2v) is 8.66. The molecule has 4 rings (SSSR count). The van der Waals surface area contributed by atoms with Crippen molar-refractivity contribution in [2.45, 2.75) is 45.3 Å². The molecule has 30 heavy (non-hydrogen) atoms. The summed E-state index contributed by atoms with van der Waals surface area (Å²) in [7, 11) is 0. The van der Waals surface area contributed by atoms with Crippen molar-refractivity contribution in [2.75, 3.05) is 32.9 Å². The number of amides is 1. The van der Waals surface area contributed by atoms with Gasteiger partial charge in [0.1, 0.15) is 0 Å². The number of allylic oxidation sites excluding steroid dienone is 1. The molecule has 0 radical (unpaired) electrons. The van der Waals surface area contributed by atoms with E-state index >= 15 is 0 Å². The molecule has 164 valence electrons. The lowest BCUT2D eigenvalue weighted by Gasteiger charge is -2.40. The quantitative estimate of drug-likeness (QED) is 0.734. The Kier molecular flexibility index (Phi) is 6.41. The molecule has 0 aromatic carbocycles. The fourth-order valence-electron chi connectivity index (χ4n) is 5.62. The average molecular weight is 416 g/mol. The highest BCUT2D eigenvalue weighted by Crippen LogP contribution is 2.48. The van der Waals surface area contributed by atoms with Crippen molar-refractivity contribution in [3.05, 3.63) is 39.8 Å². The van der Waals surface area contributed by atoms with Gasteiger partial charge in [-0.1, -0.05) is 12.2 Å². The van der Waals surface area contributed by atoms with E-state index < -0.39 is 0 Å². The van der Waals surface area contributed by atoms with Crippen molar-refractivity contribution >= 4 is 12.0 Å². The van der Waals surface area contributed by atoms with E-state index in [0.717, 1.165) is 38.3 Å². The largest absolute Gasteiger partial charge is 0.396 e. The zero-order valence-electron chi connectivity index (χ0n) is 17.9. The Labute approximate surface area is 177 Å². The fraction of sp³-hybridized carbons (Fsp3) is 0.652. The van der Waals surface area contributed by atoms with Gasteiger partial charge in [-0.25, -0.2) is 0 Å². The highest BCUT2D eigenvalue weighted by molar-refractivity contribution is 5.80. The summed E-state index contributed by atoms with van der Waals surface area (Å²) in [6, 6.07) is 3.65. The van der Waals surface area contributed by atoms with Gasteiger partial charge in [-0.15, -0.1) is 0 Å². The first-order valence-corrected chi connectivity index (χ1v) is 11.2. The van der Waals surface area contributed by atoms with Crippen molar-refractivity contribution in [1.82, 2.24) is 14.8 Å². The first-order chi connectivity index (χ1) is 14.6. The number of nitrogens with one attached hydrogen (secondary N) is 1. The normalized spacial score (nSPS) is 29.3. The van der Waals surface area contributed by atoms with E-state index in [2.05, 4.69) is 10.2 Å². The predicted octanol–water partition coefficient (Wildman–Crippen LogP) is 1.41. The van der Waals surface area contributed by atoms with Crippen molar-refractivity contribution in [3.63, 3.8) is 0 Å². The van der Waals surface area contributed by atoms with Crippen LogP contribution < -0.4 is 10.9 Å². The molecule has 7 heteroatoms. The van der Waals surface area contributed by atoms with Gasteiger partial charge in [0, 0.05) is 62.7 Å². The Hall–Kier alpha value is -1.96. The van der Waals surface area contributed by atoms with E-state index in [-0.39, 0.29) is 42.0 Å². The standard InChI is InChI=1S/C23H33N3O4/c1-3-5-16-6-7-18-21-20(22(28)24-4-2)17(14-27)19(13-26(18)23(16)29)25(21)12-15-8-10-30-11-9-15/h3,5-7,15,17,19-21,27H,4,8-14H2,1-2H3,(H,24,28)/b5-3+/t17-,19-,20+,21+/m0/s1. The number of aliphatic hydroxyl groups excluding tert-OH is 1. The maximum Gasteiger partial charge on any atom is 0.258 e. The summed E-state index contributed by atoms with van der Waals surface area (Å²) in [6.07, 6.45) is 5.72. The molecule has 7 nitrogen and oxygen atoms in total. The molecule has 1 aromatic heterocycles. The lowest BCUT2D eigenvalue weighted by molar-refractivity contribution is -0.127. The minimum absolute atomic E-state index is 0.0143. The summed E-state index contributed by atoms with van der Waals surface area (Å²) in [5.74, 6) is -0.0672. The minimum Gasteiger partial charge on any atom is -0.396 e. The number of fused-ring (bicyclic) bond motifs is 4. The third kappa shape index (κ3) is 3.63. The van der Waals surface area contributed by atoms with Crippen LogP contribution in [0.3, 0.4) is 0 Å². The molecule has 2 bridgehead atoms. The van der Waals surface area contributed by atoms with Crippen LogP contribution in [0.5, 0.6) is 0 Å². The van der Waals surface area contributed by atoms with Crippen LogP contribution in [0.1, 0.15) is 44.0 Å². The van der Waals surface area contributed by atoms with Crippen molar-refractivity contribution in [3.8, 4) is 0 Å². The summed E-state index contributed by atoms with van der Waals surface area (Å²) in [6.45, 7) is 7.25. The van der Waals surface area contributed by atoms with Crippen LogP contribution in [0.4, 0.5) is 0 Å². The maximum atomic E-state index is 13.1. The summed E-state index contributed by atoms with van der Waals surface area (Å²) in [5, 5.41) is 13.3. The van der Waals surface area contributed by atoms with E-state index in [4.69, 9.17) is 4.74 Å². The summed E-state index contributed by atoms with van der Waals surface area (Å²) in [4.78, 5) is 28.6. The third-order valence-electron chi connectivity index (χ3n) is 7.01. The van der Waals surface area contributed by atoms with E-state index in [9.17, 15) is 14.7 Å². The van der Waals surface area contributed by atoms with Gasteiger partial charge in [0.15, 0.2) is 0 Å². The molecule has 1 aromatic rings.